The Hall–Kier alpha value is -2.51. The first-order valence-corrected chi connectivity index (χ1v) is 10.6. The molecule has 0 aliphatic carbocycles. The van der Waals surface area contributed by atoms with Gasteiger partial charge in [-0.3, -0.25) is 18.9 Å². The monoisotopic (exact) mass is 393 g/mol. The normalized spacial score (nSPS) is 19.7. The fraction of sp³-hybridized carbons (Fsp3) is 0.500. The predicted octanol–water partition coefficient (Wildman–Crippen LogP) is 2.26. The van der Waals surface area contributed by atoms with Gasteiger partial charge >= 0.3 is 0 Å². The number of para-hydroxylation sites is 1. The first-order valence-electron chi connectivity index (χ1n) is 10.6. The number of benzene rings is 1. The van der Waals surface area contributed by atoms with Gasteiger partial charge in [0, 0.05) is 24.3 Å². The standard InChI is InChI=1S/C22H27N5O2/c28-13-12-26-21(24-18-7-2-1-6-17(18)22(26)29)20-9-5-10-25(20)15-16-14-23-27-11-4-3-8-19(16)27/h1-2,6-7,14,20,28H,3-5,8-13,15H2. The van der Waals surface area contributed by atoms with Crippen molar-refractivity contribution in [2.75, 3.05) is 13.2 Å². The molecule has 1 atom stereocenters. The maximum atomic E-state index is 13.1. The molecule has 1 fully saturated rings. The van der Waals surface area contributed by atoms with E-state index in [9.17, 15) is 9.90 Å². The lowest BCUT2D eigenvalue weighted by atomic mass is 10.1. The largest absolute Gasteiger partial charge is 0.395 e. The Morgan fingerprint density at radius 3 is 2.93 bits per heavy atom. The molecule has 3 aromatic rings. The number of likely N-dealkylation sites (tertiary alicyclic amines) is 1. The topological polar surface area (TPSA) is 76.2 Å². The molecule has 0 bridgehead atoms. The van der Waals surface area contributed by atoms with Gasteiger partial charge in [-0.15, -0.1) is 0 Å². The molecule has 4 heterocycles. The summed E-state index contributed by atoms with van der Waals surface area (Å²) in [6.07, 6.45) is 7.59. The lowest BCUT2D eigenvalue weighted by Crippen LogP contribution is -2.33. The number of nitrogens with zero attached hydrogens (tertiary/aromatic N) is 5. The number of aliphatic hydroxyl groups excluding tert-OH is 1. The van der Waals surface area contributed by atoms with E-state index in [-0.39, 0.29) is 24.8 Å². The molecule has 2 aliphatic heterocycles. The van der Waals surface area contributed by atoms with Gasteiger partial charge in [-0.05, 0) is 50.8 Å². The minimum absolute atomic E-state index is 0.0607. The highest BCUT2D eigenvalue weighted by Gasteiger charge is 2.31. The molecule has 5 rings (SSSR count). The molecule has 1 saturated heterocycles. The van der Waals surface area contributed by atoms with Crippen molar-refractivity contribution >= 4 is 10.9 Å². The Morgan fingerprint density at radius 1 is 1.14 bits per heavy atom. The van der Waals surface area contributed by atoms with Crippen LogP contribution in [0.4, 0.5) is 0 Å². The molecule has 0 radical (unpaired) electrons. The highest BCUT2D eigenvalue weighted by atomic mass is 16.3. The maximum absolute atomic E-state index is 13.1. The molecule has 1 aromatic carbocycles. The second-order valence-electron chi connectivity index (χ2n) is 8.09. The molecule has 1 N–H and O–H groups in total. The van der Waals surface area contributed by atoms with Gasteiger partial charge in [-0.25, -0.2) is 4.98 Å². The van der Waals surface area contributed by atoms with Gasteiger partial charge in [0.05, 0.1) is 36.3 Å². The van der Waals surface area contributed by atoms with Gasteiger partial charge in [0.25, 0.3) is 5.56 Å². The van der Waals surface area contributed by atoms with E-state index in [0.717, 1.165) is 50.2 Å². The maximum Gasteiger partial charge on any atom is 0.261 e. The van der Waals surface area contributed by atoms with Crippen LogP contribution >= 0.6 is 0 Å². The van der Waals surface area contributed by atoms with Crippen LogP contribution in [0.5, 0.6) is 0 Å². The van der Waals surface area contributed by atoms with Gasteiger partial charge in [-0.2, -0.15) is 5.10 Å². The molecule has 7 heteroatoms. The lowest BCUT2D eigenvalue weighted by molar-refractivity contribution is 0.222. The van der Waals surface area contributed by atoms with E-state index < -0.39 is 0 Å². The summed E-state index contributed by atoms with van der Waals surface area (Å²) in [7, 11) is 0. The molecule has 2 aliphatic rings. The number of aliphatic hydroxyl groups is 1. The smallest absolute Gasteiger partial charge is 0.261 e. The third-order valence-electron chi connectivity index (χ3n) is 6.32. The minimum Gasteiger partial charge on any atom is -0.395 e. The van der Waals surface area contributed by atoms with E-state index in [2.05, 4.69) is 14.7 Å². The zero-order chi connectivity index (χ0) is 19.8. The van der Waals surface area contributed by atoms with Crippen LogP contribution in [0.2, 0.25) is 0 Å². The first kappa shape index (κ1) is 18.5. The molecular weight excluding hydrogens is 366 g/mol. The van der Waals surface area contributed by atoms with Crippen molar-refractivity contribution in [3.8, 4) is 0 Å². The van der Waals surface area contributed by atoms with Gasteiger partial charge < -0.3 is 5.11 Å². The SMILES string of the molecule is O=c1c2ccccc2nc(C2CCCN2Cc2cnn3c2CCCC3)n1CCO. The predicted molar refractivity (Wildman–Crippen MR) is 111 cm³/mol. The second-order valence-corrected chi connectivity index (χ2v) is 8.09. The highest BCUT2D eigenvalue weighted by molar-refractivity contribution is 5.77. The van der Waals surface area contributed by atoms with Crippen LogP contribution in [0.1, 0.15) is 48.8 Å². The zero-order valence-corrected chi connectivity index (χ0v) is 16.6. The molecule has 0 saturated carbocycles. The summed E-state index contributed by atoms with van der Waals surface area (Å²) < 4.78 is 3.83. The van der Waals surface area contributed by atoms with Gasteiger partial charge in [0.1, 0.15) is 5.82 Å². The summed E-state index contributed by atoms with van der Waals surface area (Å²) in [5, 5.41) is 14.8. The van der Waals surface area contributed by atoms with Crippen LogP contribution in [-0.2, 0) is 26.1 Å². The molecule has 29 heavy (non-hydrogen) atoms. The zero-order valence-electron chi connectivity index (χ0n) is 16.6. The second kappa shape index (κ2) is 7.72. The van der Waals surface area contributed by atoms with E-state index in [4.69, 9.17) is 4.98 Å². The van der Waals surface area contributed by atoms with Crippen LogP contribution in [0.25, 0.3) is 10.9 Å². The van der Waals surface area contributed by atoms with Crippen molar-refractivity contribution in [3.05, 3.63) is 57.9 Å². The third kappa shape index (κ3) is 3.28. The Balaban J connectivity index is 1.52. The molecule has 1 unspecified atom stereocenters. The van der Waals surface area contributed by atoms with Crippen LogP contribution in [0.3, 0.4) is 0 Å². The lowest BCUT2D eigenvalue weighted by Gasteiger charge is -2.27. The van der Waals surface area contributed by atoms with E-state index in [1.807, 2.05) is 30.5 Å². The summed E-state index contributed by atoms with van der Waals surface area (Å²) in [5.41, 5.74) is 3.33. The Labute approximate surface area is 169 Å². The van der Waals surface area contributed by atoms with Crippen LogP contribution in [0.15, 0.2) is 35.3 Å². The van der Waals surface area contributed by atoms with E-state index in [0.29, 0.717) is 5.39 Å². The first-order chi connectivity index (χ1) is 14.3. The number of hydrogen-bond donors (Lipinski definition) is 1. The van der Waals surface area contributed by atoms with Crippen molar-refractivity contribution in [2.24, 2.45) is 0 Å². The van der Waals surface area contributed by atoms with Crippen molar-refractivity contribution in [3.63, 3.8) is 0 Å². The number of aryl methyl sites for hydroxylation is 1. The summed E-state index contributed by atoms with van der Waals surface area (Å²) in [5.74, 6) is 0.779. The fourth-order valence-electron chi connectivity index (χ4n) is 4.90. The van der Waals surface area contributed by atoms with Crippen molar-refractivity contribution in [1.82, 2.24) is 24.2 Å². The van der Waals surface area contributed by atoms with Gasteiger partial charge in [0.2, 0.25) is 0 Å². The highest BCUT2D eigenvalue weighted by Crippen LogP contribution is 2.33. The Kier molecular flexibility index (Phi) is 4.93. The van der Waals surface area contributed by atoms with Gasteiger partial charge in [-0.1, -0.05) is 12.1 Å². The van der Waals surface area contributed by atoms with Crippen molar-refractivity contribution < 1.29 is 5.11 Å². The molecule has 2 aromatic heterocycles. The summed E-state index contributed by atoms with van der Waals surface area (Å²) in [6.45, 7) is 3.04. The van der Waals surface area contributed by atoms with Gasteiger partial charge in [0.15, 0.2) is 0 Å². The molecule has 0 spiro atoms. The van der Waals surface area contributed by atoms with E-state index >= 15 is 0 Å². The third-order valence-corrected chi connectivity index (χ3v) is 6.32. The number of aromatic nitrogens is 4. The molecular formula is C22H27N5O2. The van der Waals surface area contributed by atoms with E-state index in [1.165, 1.54) is 24.1 Å². The van der Waals surface area contributed by atoms with Crippen LogP contribution in [0, 0.1) is 0 Å². The van der Waals surface area contributed by atoms with Crippen molar-refractivity contribution in [2.45, 2.75) is 57.8 Å². The summed E-state index contributed by atoms with van der Waals surface area (Å²) >= 11 is 0. The number of rotatable bonds is 5. The average molecular weight is 393 g/mol. The Morgan fingerprint density at radius 2 is 2.03 bits per heavy atom. The molecule has 152 valence electrons. The molecule has 0 amide bonds. The quantitative estimate of drug-likeness (QED) is 0.720. The number of fused-ring (bicyclic) bond motifs is 2. The minimum atomic E-state index is -0.0729. The van der Waals surface area contributed by atoms with Crippen LogP contribution < -0.4 is 5.56 Å². The summed E-state index contributed by atoms with van der Waals surface area (Å²) in [6, 6.07) is 7.57. The Bertz CT molecular complexity index is 1090. The summed E-state index contributed by atoms with van der Waals surface area (Å²) in [4.78, 5) is 20.4. The fourth-order valence-corrected chi connectivity index (χ4v) is 4.90. The van der Waals surface area contributed by atoms with Crippen LogP contribution in [-0.4, -0.2) is 42.5 Å². The average Bonchev–Trinajstić information content (AvgIpc) is 3.38. The number of hydrogen-bond acceptors (Lipinski definition) is 5. The van der Waals surface area contributed by atoms with E-state index in [1.54, 1.807) is 4.57 Å². The molecule has 7 nitrogen and oxygen atoms in total. The van der Waals surface area contributed by atoms with Crippen molar-refractivity contribution in [1.29, 1.82) is 0 Å².